The topological polar surface area (TPSA) is 103 Å². The van der Waals surface area contributed by atoms with Crippen molar-refractivity contribution in [1.82, 2.24) is 35.0 Å². The highest BCUT2D eigenvalue weighted by atomic mass is 19.1. The lowest BCUT2D eigenvalue weighted by Gasteiger charge is -2.26. The SMILES string of the molecule is Cc1nnc(-c2ccc(C3=CCN(Cc4ccc5nc(C)c(=O)[nH]c5c4F)CC3)cn2)[nH]1. The van der Waals surface area contributed by atoms with E-state index in [1.807, 2.05) is 25.3 Å². The van der Waals surface area contributed by atoms with Crippen molar-refractivity contribution in [3.05, 3.63) is 75.4 Å². The number of nitrogens with zero attached hydrogens (tertiary/aromatic N) is 5. The van der Waals surface area contributed by atoms with Gasteiger partial charge in [-0.3, -0.25) is 14.7 Å². The van der Waals surface area contributed by atoms with Crippen molar-refractivity contribution in [3.8, 4) is 11.5 Å². The van der Waals surface area contributed by atoms with Gasteiger partial charge in [0.05, 0.1) is 5.52 Å². The third-order valence-electron chi connectivity index (χ3n) is 5.72. The summed E-state index contributed by atoms with van der Waals surface area (Å²) in [5.41, 5.74) is 4.18. The Balaban J connectivity index is 1.30. The first-order valence-electron chi connectivity index (χ1n) is 10.4. The van der Waals surface area contributed by atoms with Gasteiger partial charge in [-0.1, -0.05) is 18.2 Å². The van der Waals surface area contributed by atoms with E-state index in [0.717, 1.165) is 30.0 Å². The lowest BCUT2D eigenvalue weighted by molar-refractivity contribution is 0.289. The van der Waals surface area contributed by atoms with Crippen LogP contribution in [0.2, 0.25) is 0 Å². The quantitative estimate of drug-likeness (QED) is 0.515. The number of rotatable bonds is 4. The summed E-state index contributed by atoms with van der Waals surface area (Å²) in [6.07, 6.45) is 4.85. The molecule has 0 amide bonds. The molecule has 0 spiro atoms. The number of hydrogen-bond acceptors (Lipinski definition) is 6. The Morgan fingerprint density at radius 3 is 2.69 bits per heavy atom. The smallest absolute Gasteiger partial charge is 0.269 e. The zero-order valence-corrected chi connectivity index (χ0v) is 17.8. The Kier molecular flexibility index (Phi) is 5.10. The van der Waals surface area contributed by atoms with Crippen LogP contribution in [-0.4, -0.2) is 48.1 Å². The first-order valence-corrected chi connectivity index (χ1v) is 10.4. The molecule has 9 heteroatoms. The molecule has 2 N–H and O–H groups in total. The number of aromatic amines is 2. The molecule has 4 heterocycles. The number of pyridine rings is 1. The third-order valence-corrected chi connectivity index (χ3v) is 5.72. The number of benzene rings is 1. The molecule has 162 valence electrons. The molecule has 32 heavy (non-hydrogen) atoms. The van der Waals surface area contributed by atoms with Crippen molar-refractivity contribution in [2.75, 3.05) is 13.1 Å². The fourth-order valence-electron chi connectivity index (χ4n) is 3.92. The van der Waals surface area contributed by atoms with E-state index in [0.29, 0.717) is 35.7 Å². The Morgan fingerprint density at radius 2 is 2.00 bits per heavy atom. The average molecular weight is 431 g/mol. The van der Waals surface area contributed by atoms with Crippen molar-refractivity contribution >= 4 is 16.6 Å². The predicted molar refractivity (Wildman–Crippen MR) is 119 cm³/mol. The molecule has 0 fully saturated rings. The highest BCUT2D eigenvalue weighted by Crippen LogP contribution is 2.25. The highest BCUT2D eigenvalue weighted by molar-refractivity contribution is 5.75. The molecular formula is C23H22FN7O. The zero-order chi connectivity index (χ0) is 22.2. The van der Waals surface area contributed by atoms with E-state index < -0.39 is 5.82 Å². The third kappa shape index (κ3) is 3.82. The molecule has 0 atom stereocenters. The van der Waals surface area contributed by atoms with Crippen LogP contribution in [0.25, 0.3) is 28.1 Å². The van der Waals surface area contributed by atoms with Crippen LogP contribution in [0.4, 0.5) is 4.39 Å². The van der Waals surface area contributed by atoms with Gasteiger partial charge >= 0.3 is 0 Å². The van der Waals surface area contributed by atoms with Gasteiger partial charge in [-0.15, -0.1) is 10.2 Å². The van der Waals surface area contributed by atoms with E-state index in [9.17, 15) is 9.18 Å². The molecular weight excluding hydrogens is 409 g/mol. The summed E-state index contributed by atoms with van der Waals surface area (Å²) in [6, 6.07) is 7.47. The minimum Gasteiger partial charge on any atom is -0.324 e. The number of H-pyrrole nitrogens is 2. The Labute approximate surface area is 183 Å². The fourth-order valence-corrected chi connectivity index (χ4v) is 3.92. The number of nitrogens with one attached hydrogen (secondary N) is 2. The van der Waals surface area contributed by atoms with Gasteiger partial charge in [-0.25, -0.2) is 9.37 Å². The maximum absolute atomic E-state index is 15.0. The summed E-state index contributed by atoms with van der Waals surface area (Å²) in [6.45, 7) is 5.43. The minimum absolute atomic E-state index is 0.166. The molecule has 5 rings (SSSR count). The summed E-state index contributed by atoms with van der Waals surface area (Å²) in [5, 5.41) is 8.04. The standard InChI is InChI=1S/C23H22FN7O/c1-13-23(32)28-21-18(26-13)5-4-17(20(21)24)12-31-9-7-15(8-10-31)16-3-6-19(25-11-16)22-27-14(2)29-30-22/h3-7,11H,8-10,12H2,1-2H3,(H,28,32)(H,27,29,30). The van der Waals surface area contributed by atoms with Crippen LogP contribution >= 0.6 is 0 Å². The average Bonchev–Trinajstić information content (AvgIpc) is 3.24. The maximum atomic E-state index is 15.0. The van der Waals surface area contributed by atoms with Crippen LogP contribution in [0.1, 0.15) is 29.1 Å². The number of aromatic nitrogens is 6. The minimum atomic E-state index is -0.413. The maximum Gasteiger partial charge on any atom is 0.269 e. The predicted octanol–water partition coefficient (Wildman–Crippen LogP) is 3.15. The van der Waals surface area contributed by atoms with Gasteiger partial charge in [0.15, 0.2) is 11.6 Å². The molecule has 0 aliphatic carbocycles. The van der Waals surface area contributed by atoms with E-state index in [4.69, 9.17) is 0 Å². The van der Waals surface area contributed by atoms with E-state index >= 15 is 0 Å². The monoisotopic (exact) mass is 431 g/mol. The molecule has 0 saturated carbocycles. The molecule has 4 aromatic rings. The molecule has 1 aromatic carbocycles. The first kappa shape index (κ1) is 20.2. The summed E-state index contributed by atoms with van der Waals surface area (Å²) in [5.74, 6) is 0.993. The largest absolute Gasteiger partial charge is 0.324 e. The molecule has 3 aromatic heterocycles. The Bertz CT molecular complexity index is 1390. The zero-order valence-electron chi connectivity index (χ0n) is 17.8. The van der Waals surface area contributed by atoms with Crippen molar-refractivity contribution < 1.29 is 4.39 Å². The van der Waals surface area contributed by atoms with Crippen LogP contribution in [0, 0.1) is 19.7 Å². The molecule has 0 radical (unpaired) electrons. The lowest BCUT2D eigenvalue weighted by Crippen LogP contribution is -2.28. The molecule has 0 unspecified atom stereocenters. The number of hydrogen-bond donors (Lipinski definition) is 2. The summed E-state index contributed by atoms with van der Waals surface area (Å²) in [4.78, 5) is 28.4. The van der Waals surface area contributed by atoms with Gasteiger partial charge in [-0.2, -0.15) is 0 Å². The van der Waals surface area contributed by atoms with Crippen molar-refractivity contribution in [2.45, 2.75) is 26.8 Å². The van der Waals surface area contributed by atoms with Crippen LogP contribution in [0.15, 0.2) is 41.3 Å². The second-order valence-corrected chi connectivity index (χ2v) is 7.99. The highest BCUT2D eigenvalue weighted by Gasteiger charge is 2.17. The molecule has 1 aliphatic heterocycles. The number of fused-ring (bicyclic) bond motifs is 1. The second-order valence-electron chi connectivity index (χ2n) is 7.99. The number of aryl methyl sites for hydroxylation is 2. The summed E-state index contributed by atoms with van der Waals surface area (Å²) < 4.78 is 15.0. The van der Waals surface area contributed by atoms with Gasteiger partial charge < -0.3 is 9.97 Å². The van der Waals surface area contributed by atoms with E-state index in [1.165, 1.54) is 5.57 Å². The molecule has 1 aliphatic rings. The van der Waals surface area contributed by atoms with Gasteiger partial charge in [0.1, 0.15) is 22.7 Å². The summed E-state index contributed by atoms with van der Waals surface area (Å²) in [7, 11) is 0. The first-order chi connectivity index (χ1) is 15.5. The van der Waals surface area contributed by atoms with Crippen LogP contribution < -0.4 is 5.56 Å². The van der Waals surface area contributed by atoms with Crippen LogP contribution in [-0.2, 0) is 6.54 Å². The molecule has 0 bridgehead atoms. The summed E-state index contributed by atoms with van der Waals surface area (Å²) >= 11 is 0. The van der Waals surface area contributed by atoms with Gasteiger partial charge in [0.25, 0.3) is 5.56 Å². The fraction of sp³-hybridized carbons (Fsp3) is 0.261. The second kappa shape index (κ2) is 8.08. The van der Waals surface area contributed by atoms with Crippen molar-refractivity contribution in [1.29, 1.82) is 0 Å². The normalized spacial score (nSPS) is 14.7. The molecule has 0 saturated heterocycles. The number of halogens is 1. The molecule has 8 nitrogen and oxygen atoms in total. The van der Waals surface area contributed by atoms with Crippen molar-refractivity contribution in [3.63, 3.8) is 0 Å². The van der Waals surface area contributed by atoms with Crippen LogP contribution in [0.3, 0.4) is 0 Å². The van der Waals surface area contributed by atoms with E-state index in [2.05, 4.69) is 41.1 Å². The van der Waals surface area contributed by atoms with Crippen molar-refractivity contribution in [2.24, 2.45) is 0 Å². The van der Waals surface area contributed by atoms with Crippen LogP contribution in [0.5, 0.6) is 0 Å². The van der Waals surface area contributed by atoms with Gasteiger partial charge in [0.2, 0.25) is 0 Å². The van der Waals surface area contributed by atoms with E-state index in [1.54, 1.807) is 19.1 Å². The lowest BCUT2D eigenvalue weighted by atomic mass is 10.0. The Hall–Kier alpha value is -3.72. The van der Waals surface area contributed by atoms with Gasteiger partial charge in [-0.05, 0) is 43.5 Å². The Morgan fingerprint density at radius 1 is 1.12 bits per heavy atom. The van der Waals surface area contributed by atoms with E-state index in [-0.39, 0.29) is 11.1 Å². The van der Waals surface area contributed by atoms with Gasteiger partial charge in [0, 0.05) is 31.4 Å².